The summed E-state index contributed by atoms with van der Waals surface area (Å²) in [7, 11) is 1.64. The van der Waals surface area contributed by atoms with Gasteiger partial charge in [-0.2, -0.15) is 10.2 Å². The summed E-state index contributed by atoms with van der Waals surface area (Å²) in [5, 5.41) is 33.7. The normalized spacial score (nSPS) is 25.8. The highest BCUT2D eigenvalue weighted by Crippen LogP contribution is 2.49. The van der Waals surface area contributed by atoms with Crippen LogP contribution in [0.15, 0.2) is 83.1 Å². The number of oxime groups is 2. The van der Waals surface area contributed by atoms with Gasteiger partial charge in [0.2, 0.25) is 0 Å². The van der Waals surface area contributed by atoms with Gasteiger partial charge in [0.05, 0.1) is 0 Å². The summed E-state index contributed by atoms with van der Waals surface area (Å²) in [5.74, 6) is 2.19. The maximum atomic E-state index is 9.63. The molecule has 6 aliphatic carbocycles. The van der Waals surface area contributed by atoms with Crippen molar-refractivity contribution in [1.29, 1.82) is 0 Å². The maximum Gasteiger partial charge on any atom is 0.117 e. The van der Waals surface area contributed by atoms with Gasteiger partial charge in [-0.1, -0.05) is 147 Å². The van der Waals surface area contributed by atoms with Gasteiger partial charge >= 0.3 is 0 Å². The molecule has 0 spiro atoms. The molecule has 2 atom stereocenters. The van der Waals surface area contributed by atoms with E-state index >= 15 is 0 Å². The molecular weight excluding hydrogens is 705 g/mol. The van der Waals surface area contributed by atoms with E-state index in [-0.39, 0.29) is 10.8 Å². The van der Waals surface area contributed by atoms with Crippen LogP contribution >= 0.6 is 0 Å². The highest BCUT2D eigenvalue weighted by atomic mass is 16.6. The molecule has 0 saturated heterocycles. The molecule has 2 aromatic carbocycles. The monoisotopic (exact) mass is 764 g/mol. The van der Waals surface area contributed by atoms with E-state index in [1.165, 1.54) is 118 Å². The molecule has 2 heterocycles. The fraction of sp³-hybridized carbons (Fsp3) is 0.510. The van der Waals surface area contributed by atoms with Crippen LogP contribution in [-0.4, -0.2) is 44.1 Å². The Kier molecular flexibility index (Phi) is 11.0. The third kappa shape index (κ3) is 7.12. The Morgan fingerprint density at radius 1 is 0.596 bits per heavy atom. The van der Waals surface area contributed by atoms with Crippen LogP contribution in [0.5, 0.6) is 0 Å². The van der Waals surface area contributed by atoms with Gasteiger partial charge in [-0.05, 0) is 74.3 Å². The van der Waals surface area contributed by atoms with E-state index in [0.29, 0.717) is 23.7 Å². The molecule has 4 fully saturated rings. The second kappa shape index (κ2) is 16.6. The van der Waals surface area contributed by atoms with Crippen LogP contribution in [0, 0.1) is 23.7 Å². The first-order valence-corrected chi connectivity index (χ1v) is 22.1. The van der Waals surface area contributed by atoms with Crippen molar-refractivity contribution in [2.24, 2.45) is 34.0 Å². The van der Waals surface area contributed by atoms with Gasteiger partial charge in [0, 0.05) is 58.0 Å². The van der Waals surface area contributed by atoms with E-state index in [2.05, 4.69) is 111 Å². The highest BCUT2D eigenvalue weighted by Gasteiger charge is 2.44. The summed E-state index contributed by atoms with van der Waals surface area (Å²) >= 11 is 0. The highest BCUT2D eigenvalue weighted by molar-refractivity contribution is 6.04. The number of nitrogens with zero attached hydrogens (tertiary/aromatic N) is 4. The molecule has 0 amide bonds. The zero-order chi connectivity index (χ0) is 38.7. The Hall–Kier alpha value is -4.72. The Morgan fingerprint density at radius 2 is 1.04 bits per heavy atom. The molecular formula is C49H60N6O2. The van der Waals surface area contributed by atoms with Crippen LogP contribution in [0.25, 0.3) is 12.2 Å². The first-order chi connectivity index (χ1) is 28.1. The number of aromatic amines is 2. The van der Waals surface area contributed by atoms with Crippen LogP contribution in [0.4, 0.5) is 0 Å². The van der Waals surface area contributed by atoms with Crippen LogP contribution in [0.2, 0.25) is 0 Å². The number of hydrogen-bond donors (Lipinski definition) is 3. The average molecular weight is 765 g/mol. The Morgan fingerprint density at radius 3 is 1.44 bits per heavy atom. The molecule has 3 N–H and O–H groups in total. The minimum absolute atomic E-state index is 0.0332. The van der Waals surface area contributed by atoms with Crippen LogP contribution in [0.3, 0.4) is 0 Å². The zero-order valence-electron chi connectivity index (χ0n) is 33.8. The maximum absolute atomic E-state index is 9.63. The lowest BCUT2D eigenvalue weighted by atomic mass is 9.61. The van der Waals surface area contributed by atoms with Crippen molar-refractivity contribution in [2.45, 2.75) is 126 Å². The number of aromatic nitrogens is 4. The largest absolute Gasteiger partial charge is 0.411 e. The molecule has 4 saturated carbocycles. The smallest absolute Gasteiger partial charge is 0.117 e. The summed E-state index contributed by atoms with van der Waals surface area (Å²) in [5.41, 5.74) is 11.4. The van der Waals surface area contributed by atoms with E-state index in [9.17, 15) is 5.21 Å². The standard InChI is InChI=1S/C25H31N3O.C24H29N3O/c1-29-28-23(18-9-8-10-18)24-21-15-16-25(17-22(21)26-27-24,19-11-4-2-5-12-19)20-13-6-3-7-14-20;28-27-22(17-8-7-9-17)23-20-14-15-24(16-21(20)25-26-23,18-10-3-1-4-11-18)19-12-5-2-6-13-19/h2,4-5,11-12,15-16,18,20H,3,6-10,13-14,17H2,1H3,(H,26,27);1,3-4,10-11,14-15,17,19,28H,2,5-9,12-13,16H2,(H,25,26). The van der Waals surface area contributed by atoms with Crippen LogP contribution in [-0.2, 0) is 28.5 Å². The van der Waals surface area contributed by atoms with Gasteiger partial charge in [-0.3, -0.25) is 10.2 Å². The molecule has 8 heteroatoms. The number of hydrogen-bond acceptors (Lipinski definition) is 6. The van der Waals surface area contributed by atoms with Crippen molar-refractivity contribution in [2.75, 3.05) is 7.11 Å². The molecule has 2 unspecified atom stereocenters. The first-order valence-electron chi connectivity index (χ1n) is 22.1. The van der Waals surface area contributed by atoms with Gasteiger partial charge in [-0.25, -0.2) is 0 Å². The molecule has 2 aromatic heterocycles. The second-order valence-corrected chi connectivity index (χ2v) is 17.8. The molecule has 4 aromatic rings. The molecule has 6 aliphatic rings. The van der Waals surface area contributed by atoms with Gasteiger partial charge in [0.1, 0.15) is 29.9 Å². The van der Waals surface area contributed by atoms with Gasteiger partial charge in [0.25, 0.3) is 0 Å². The van der Waals surface area contributed by atoms with E-state index in [1.807, 2.05) is 0 Å². The average Bonchev–Trinajstić information content (AvgIpc) is 3.86. The Labute approximate surface area is 338 Å². The predicted molar refractivity (Wildman–Crippen MR) is 229 cm³/mol. The van der Waals surface area contributed by atoms with Crippen molar-refractivity contribution in [3.8, 4) is 0 Å². The first kappa shape index (κ1) is 37.8. The number of allylic oxidation sites excluding steroid dienone is 2. The zero-order valence-corrected chi connectivity index (χ0v) is 33.8. The van der Waals surface area contributed by atoms with Gasteiger partial charge in [0.15, 0.2) is 0 Å². The van der Waals surface area contributed by atoms with E-state index in [4.69, 9.17) is 9.94 Å². The van der Waals surface area contributed by atoms with Crippen molar-refractivity contribution in [1.82, 2.24) is 20.4 Å². The van der Waals surface area contributed by atoms with Crippen molar-refractivity contribution < 1.29 is 10.0 Å². The lowest BCUT2D eigenvalue weighted by Crippen LogP contribution is -2.38. The minimum Gasteiger partial charge on any atom is -0.411 e. The summed E-state index contributed by atoms with van der Waals surface area (Å²) in [4.78, 5) is 5.19. The number of fused-ring (bicyclic) bond motifs is 2. The second-order valence-electron chi connectivity index (χ2n) is 17.8. The van der Waals surface area contributed by atoms with E-state index < -0.39 is 0 Å². The fourth-order valence-electron chi connectivity index (χ4n) is 11.2. The predicted octanol–water partition coefficient (Wildman–Crippen LogP) is 11.1. The Balaban J connectivity index is 0.000000148. The van der Waals surface area contributed by atoms with Crippen molar-refractivity contribution in [3.63, 3.8) is 0 Å². The topological polar surface area (TPSA) is 112 Å². The van der Waals surface area contributed by atoms with Crippen molar-refractivity contribution in [3.05, 3.63) is 118 Å². The van der Waals surface area contributed by atoms with Gasteiger partial charge < -0.3 is 10.0 Å². The SMILES string of the molecule is CON=C(c1n[nH]c2c1C=CC(c1ccccc1)(C1CCCCC1)C2)C1CCC1.ON=C(c1n[nH]c2c1C=CC(c1ccccc1)(C1CCCCC1)C2)C1CCC1. The molecule has 0 radical (unpaired) electrons. The number of H-pyrrole nitrogens is 2. The molecule has 298 valence electrons. The number of nitrogens with one attached hydrogen (secondary N) is 2. The van der Waals surface area contributed by atoms with Crippen LogP contribution in [0.1, 0.15) is 148 Å². The third-order valence-corrected chi connectivity index (χ3v) is 14.9. The fourth-order valence-corrected chi connectivity index (χ4v) is 11.2. The Bertz CT molecular complexity index is 2090. The molecule has 57 heavy (non-hydrogen) atoms. The molecule has 10 rings (SSSR count). The number of rotatable bonds is 9. The van der Waals surface area contributed by atoms with E-state index in [1.54, 1.807) is 7.11 Å². The summed E-state index contributed by atoms with van der Waals surface area (Å²) in [6.45, 7) is 0. The molecule has 8 nitrogen and oxygen atoms in total. The summed E-state index contributed by atoms with van der Waals surface area (Å²) in [6.07, 6.45) is 31.8. The lowest BCUT2D eigenvalue weighted by Gasteiger charge is -2.43. The third-order valence-electron chi connectivity index (χ3n) is 14.9. The lowest BCUT2D eigenvalue weighted by molar-refractivity contribution is 0.208. The summed E-state index contributed by atoms with van der Waals surface area (Å²) < 4.78 is 0. The molecule has 0 aliphatic heterocycles. The molecule has 0 bridgehead atoms. The quantitative estimate of drug-likeness (QED) is 0.0895. The van der Waals surface area contributed by atoms with Crippen LogP contribution < -0.4 is 0 Å². The summed E-state index contributed by atoms with van der Waals surface area (Å²) in [6, 6.07) is 22.1. The number of benzene rings is 2. The van der Waals surface area contributed by atoms with E-state index in [0.717, 1.165) is 54.1 Å². The van der Waals surface area contributed by atoms with Crippen molar-refractivity contribution >= 4 is 23.6 Å². The minimum atomic E-state index is 0.0332. The van der Waals surface area contributed by atoms with Gasteiger partial charge in [-0.15, -0.1) is 0 Å².